The van der Waals surface area contributed by atoms with E-state index < -0.39 is 4.92 Å². The highest BCUT2D eigenvalue weighted by Gasteiger charge is 2.29. The van der Waals surface area contributed by atoms with Crippen molar-refractivity contribution < 1.29 is 10.0 Å². The minimum atomic E-state index is -0.437. The van der Waals surface area contributed by atoms with Gasteiger partial charge >= 0.3 is 5.69 Å². The lowest BCUT2D eigenvalue weighted by Crippen LogP contribution is -2.30. The third-order valence-corrected chi connectivity index (χ3v) is 4.75. The Morgan fingerprint density at radius 2 is 1.40 bits per heavy atom. The zero-order valence-electron chi connectivity index (χ0n) is 16.9. The molecule has 0 atom stereocenters. The van der Waals surface area contributed by atoms with E-state index in [1.54, 1.807) is 4.90 Å². The summed E-state index contributed by atoms with van der Waals surface area (Å²) in [6.07, 6.45) is 1.35. The molecule has 0 saturated carbocycles. The van der Waals surface area contributed by atoms with Gasteiger partial charge in [0.25, 0.3) is 0 Å². The second kappa shape index (κ2) is 10.3. The molecule has 0 aliphatic carbocycles. The molecule has 156 valence electrons. The molecule has 30 heavy (non-hydrogen) atoms. The Morgan fingerprint density at radius 1 is 0.900 bits per heavy atom. The van der Waals surface area contributed by atoms with E-state index in [1.165, 1.54) is 6.33 Å². The number of nitro groups is 1. The van der Waals surface area contributed by atoms with Crippen molar-refractivity contribution in [1.29, 1.82) is 0 Å². The quantitative estimate of drug-likeness (QED) is 0.406. The standard InChI is InChI=1S/C22H25N5O3/c1-2-25(13-14-28)21-20(27(29)30)22(24-17-23-21)26(15-18-9-5-3-6-10-18)16-19-11-7-4-8-12-19/h3-12,17,28H,2,13-16H2,1H3. The molecule has 0 amide bonds. The first-order valence-electron chi connectivity index (χ1n) is 9.82. The van der Waals surface area contributed by atoms with Crippen LogP contribution in [0.25, 0.3) is 0 Å². The molecule has 0 saturated heterocycles. The lowest BCUT2D eigenvalue weighted by atomic mass is 10.1. The van der Waals surface area contributed by atoms with Gasteiger partial charge in [0.1, 0.15) is 6.33 Å². The number of hydrogen-bond acceptors (Lipinski definition) is 7. The first-order valence-corrected chi connectivity index (χ1v) is 9.82. The molecule has 3 rings (SSSR count). The average Bonchev–Trinajstić information content (AvgIpc) is 2.78. The van der Waals surface area contributed by atoms with E-state index in [0.717, 1.165) is 11.1 Å². The maximum atomic E-state index is 12.1. The first kappa shape index (κ1) is 21.2. The van der Waals surface area contributed by atoms with Gasteiger partial charge in [-0.2, -0.15) is 0 Å². The van der Waals surface area contributed by atoms with Gasteiger partial charge in [0.2, 0.25) is 11.6 Å². The van der Waals surface area contributed by atoms with Crippen LogP contribution < -0.4 is 9.80 Å². The number of nitrogens with zero attached hydrogens (tertiary/aromatic N) is 5. The third kappa shape index (κ3) is 5.09. The van der Waals surface area contributed by atoms with Crippen molar-refractivity contribution in [1.82, 2.24) is 9.97 Å². The van der Waals surface area contributed by atoms with Crippen molar-refractivity contribution >= 4 is 17.3 Å². The molecule has 0 radical (unpaired) electrons. The number of aliphatic hydroxyl groups is 1. The van der Waals surface area contributed by atoms with Gasteiger partial charge in [-0.05, 0) is 18.1 Å². The maximum absolute atomic E-state index is 12.1. The normalized spacial score (nSPS) is 10.6. The molecule has 8 heteroatoms. The smallest absolute Gasteiger partial charge is 0.353 e. The van der Waals surface area contributed by atoms with Crippen LogP contribution in [0.4, 0.5) is 17.3 Å². The van der Waals surface area contributed by atoms with E-state index in [1.807, 2.05) is 72.5 Å². The van der Waals surface area contributed by atoms with Crippen molar-refractivity contribution in [2.75, 3.05) is 29.5 Å². The zero-order chi connectivity index (χ0) is 21.3. The number of hydrogen-bond donors (Lipinski definition) is 1. The van der Waals surface area contributed by atoms with E-state index in [0.29, 0.717) is 19.6 Å². The predicted molar refractivity (Wildman–Crippen MR) is 116 cm³/mol. The van der Waals surface area contributed by atoms with Crippen LogP contribution in [-0.4, -0.2) is 39.7 Å². The fraction of sp³-hybridized carbons (Fsp3) is 0.273. The number of benzene rings is 2. The molecule has 1 N–H and O–H groups in total. The molecule has 2 aromatic carbocycles. The summed E-state index contributed by atoms with van der Waals surface area (Å²) in [5.74, 6) is 0.474. The molecular formula is C22H25N5O3. The SMILES string of the molecule is CCN(CCO)c1ncnc(N(Cc2ccccc2)Cc2ccccc2)c1[N+](=O)[O-]. The number of anilines is 2. The van der Waals surface area contributed by atoms with Crippen LogP contribution in [0.1, 0.15) is 18.1 Å². The van der Waals surface area contributed by atoms with Crippen LogP contribution in [0.2, 0.25) is 0 Å². The Balaban J connectivity index is 2.08. The fourth-order valence-electron chi connectivity index (χ4n) is 3.33. The Hall–Kier alpha value is -3.52. The fourth-order valence-corrected chi connectivity index (χ4v) is 3.33. The van der Waals surface area contributed by atoms with Crippen molar-refractivity contribution in [2.45, 2.75) is 20.0 Å². The van der Waals surface area contributed by atoms with Gasteiger partial charge in [0, 0.05) is 26.2 Å². The van der Waals surface area contributed by atoms with Crippen LogP contribution in [-0.2, 0) is 13.1 Å². The molecular weight excluding hydrogens is 382 g/mol. The molecule has 1 heterocycles. The molecule has 0 unspecified atom stereocenters. The summed E-state index contributed by atoms with van der Waals surface area (Å²) in [6.45, 7) is 3.40. The van der Waals surface area contributed by atoms with Crippen molar-refractivity contribution in [3.8, 4) is 0 Å². The molecule has 1 aromatic heterocycles. The van der Waals surface area contributed by atoms with Gasteiger partial charge in [-0.3, -0.25) is 10.1 Å². The number of rotatable bonds is 10. The molecule has 0 aliphatic heterocycles. The Labute approximate surface area is 175 Å². The van der Waals surface area contributed by atoms with Crippen LogP contribution in [0, 0.1) is 10.1 Å². The van der Waals surface area contributed by atoms with Crippen LogP contribution in [0.15, 0.2) is 67.0 Å². The second-order valence-electron chi connectivity index (χ2n) is 6.76. The molecule has 0 bridgehead atoms. The summed E-state index contributed by atoms with van der Waals surface area (Å²) in [5, 5.41) is 21.4. The molecule has 0 aliphatic rings. The summed E-state index contributed by atoms with van der Waals surface area (Å²) in [4.78, 5) is 23.7. The van der Waals surface area contributed by atoms with Gasteiger partial charge in [0.05, 0.1) is 11.5 Å². The van der Waals surface area contributed by atoms with Gasteiger partial charge in [0.15, 0.2) is 0 Å². The van der Waals surface area contributed by atoms with Crippen molar-refractivity contribution in [2.24, 2.45) is 0 Å². The van der Waals surface area contributed by atoms with Crippen molar-refractivity contribution in [3.63, 3.8) is 0 Å². The van der Waals surface area contributed by atoms with Crippen LogP contribution in [0.3, 0.4) is 0 Å². The van der Waals surface area contributed by atoms with Gasteiger partial charge < -0.3 is 14.9 Å². The second-order valence-corrected chi connectivity index (χ2v) is 6.76. The van der Waals surface area contributed by atoms with Gasteiger partial charge in [-0.15, -0.1) is 0 Å². The third-order valence-electron chi connectivity index (χ3n) is 4.75. The largest absolute Gasteiger partial charge is 0.395 e. The average molecular weight is 407 g/mol. The number of likely N-dealkylation sites (N-methyl/N-ethyl adjacent to an activating group) is 1. The monoisotopic (exact) mass is 407 g/mol. The summed E-state index contributed by atoms with van der Waals surface area (Å²) in [6, 6.07) is 19.6. The topological polar surface area (TPSA) is 95.6 Å². The summed E-state index contributed by atoms with van der Waals surface area (Å²) in [7, 11) is 0. The summed E-state index contributed by atoms with van der Waals surface area (Å²) in [5.41, 5.74) is 1.89. The lowest BCUT2D eigenvalue weighted by Gasteiger charge is -2.26. The van der Waals surface area contributed by atoms with Gasteiger partial charge in [-0.25, -0.2) is 9.97 Å². The molecule has 0 fully saturated rings. The minimum Gasteiger partial charge on any atom is -0.395 e. The lowest BCUT2D eigenvalue weighted by molar-refractivity contribution is -0.383. The van der Waals surface area contributed by atoms with E-state index in [-0.39, 0.29) is 30.5 Å². The molecule has 0 spiro atoms. The molecule has 8 nitrogen and oxygen atoms in total. The highest BCUT2D eigenvalue weighted by Crippen LogP contribution is 2.35. The Morgan fingerprint density at radius 3 is 1.83 bits per heavy atom. The van der Waals surface area contributed by atoms with E-state index in [2.05, 4.69) is 9.97 Å². The highest BCUT2D eigenvalue weighted by molar-refractivity contribution is 5.71. The van der Waals surface area contributed by atoms with E-state index in [9.17, 15) is 15.2 Å². The summed E-state index contributed by atoms with van der Waals surface area (Å²) < 4.78 is 0. The highest BCUT2D eigenvalue weighted by atomic mass is 16.6. The maximum Gasteiger partial charge on any atom is 0.353 e. The summed E-state index contributed by atoms with van der Waals surface area (Å²) >= 11 is 0. The van der Waals surface area contributed by atoms with Crippen LogP contribution in [0.5, 0.6) is 0 Å². The Kier molecular flexibility index (Phi) is 7.29. The predicted octanol–water partition coefficient (Wildman–Crippen LogP) is 3.41. The number of aromatic nitrogens is 2. The first-order chi connectivity index (χ1) is 14.6. The van der Waals surface area contributed by atoms with E-state index in [4.69, 9.17) is 0 Å². The van der Waals surface area contributed by atoms with Crippen molar-refractivity contribution in [3.05, 3.63) is 88.2 Å². The zero-order valence-corrected chi connectivity index (χ0v) is 16.9. The van der Waals surface area contributed by atoms with Crippen LogP contribution >= 0.6 is 0 Å². The Bertz CT molecular complexity index is 912. The molecule has 3 aromatic rings. The number of aliphatic hydroxyl groups excluding tert-OH is 1. The van der Waals surface area contributed by atoms with Gasteiger partial charge in [-0.1, -0.05) is 60.7 Å². The van der Waals surface area contributed by atoms with E-state index >= 15 is 0 Å². The minimum absolute atomic E-state index is 0.123.